The quantitative estimate of drug-likeness (QED) is 0.628. The number of amides is 1. The number of pyridine rings is 1. The Morgan fingerprint density at radius 3 is 2.88 bits per heavy atom. The Balaban J connectivity index is 2.55. The largest absolute Gasteiger partial charge is 0.352 e. The Hall–Kier alpha value is -0.840. The van der Waals surface area contributed by atoms with Crippen LogP contribution >= 0.6 is 23.2 Å². The Morgan fingerprint density at radius 1 is 1.44 bits per heavy atom. The molecule has 0 aliphatic heterocycles. The lowest BCUT2D eigenvalue weighted by Crippen LogP contribution is -2.25. The molecule has 0 aliphatic rings. The normalized spacial score (nSPS) is 10.2. The molecule has 1 heterocycles. The fraction of sp³-hybridized carbons (Fsp3) is 0.400. The van der Waals surface area contributed by atoms with Gasteiger partial charge >= 0.3 is 0 Å². The molecule has 0 radical (unpaired) electrons. The van der Waals surface area contributed by atoms with Crippen molar-refractivity contribution in [1.82, 2.24) is 10.3 Å². The van der Waals surface area contributed by atoms with Gasteiger partial charge < -0.3 is 11.1 Å². The van der Waals surface area contributed by atoms with Crippen LogP contribution in [0, 0.1) is 0 Å². The highest BCUT2D eigenvalue weighted by atomic mass is 35.5. The van der Waals surface area contributed by atoms with Gasteiger partial charge in [0, 0.05) is 12.7 Å². The third-order valence-electron chi connectivity index (χ3n) is 1.98. The Kier molecular flexibility index (Phi) is 5.52. The first-order chi connectivity index (χ1) is 7.65. The Bertz CT molecular complexity index is 371. The van der Waals surface area contributed by atoms with Crippen LogP contribution in [-0.4, -0.2) is 24.0 Å². The Morgan fingerprint density at radius 2 is 2.19 bits per heavy atom. The fourth-order valence-electron chi connectivity index (χ4n) is 1.15. The number of unbranched alkanes of at least 4 members (excludes halogenated alkanes) is 1. The van der Waals surface area contributed by atoms with Crippen molar-refractivity contribution in [3.05, 3.63) is 28.0 Å². The van der Waals surface area contributed by atoms with E-state index in [1.54, 1.807) is 0 Å². The highest BCUT2D eigenvalue weighted by Gasteiger charge is 2.10. The average molecular weight is 262 g/mol. The molecule has 0 saturated carbocycles. The molecular weight excluding hydrogens is 249 g/mol. The van der Waals surface area contributed by atoms with Crippen molar-refractivity contribution in [2.75, 3.05) is 13.1 Å². The second kappa shape index (κ2) is 6.68. The van der Waals surface area contributed by atoms with E-state index >= 15 is 0 Å². The summed E-state index contributed by atoms with van der Waals surface area (Å²) in [7, 11) is 0. The molecule has 0 saturated heterocycles. The molecule has 16 heavy (non-hydrogen) atoms. The minimum Gasteiger partial charge on any atom is -0.352 e. The van der Waals surface area contributed by atoms with Gasteiger partial charge in [0.15, 0.2) is 0 Å². The molecule has 6 heteroatoms. The van der Waals surface area contributed by atoms with Crippen molar-refractivity contribution in [2.45, 2.75) is 12.8 Å². The molecule has 88 valence electrons. The van der Waals surface area contributed by atoms with Crippen LogP contribution in [0.3, 0.4) is 0 Å². The molecule has 4 nitrogen and oxygen atoms in total. The predicted molar refractivity (Wildman–Crippen MR) is 64.9 cm³/mol. The summed E-state index contributed by atoms with van der Waals surface area (Å²) in [6.45, 7) is 1.20. The third-order valence-corrected chi connectivity index (χ3v) is 2.49. The van der Waals surface area contributed by atoms with E-state index in [1.807, 2.05) is 0 Å². The Labute approximate surface area is 104 Å². The van der Waals surface area contributed by atoms with Gasteiger partial charge in [-0.05, 0) is 25.5 Å². The number of carbonyl (C=O) groups excluding carboxylic acids is 1. The maximum absolute atomic E-state index is 11.7. The summed E-state index contributed by atoms with van der Waals surface area (Å²) in [4.78, 5) is 15.4. The van der Waals surface area contributed by atoms with Gasteiger partial charge in [0.2, 0.25) is 0 Å². The van der Waals surface area contributed by atoms with E-state index in [1.165, 1.54) is 12.3 Å². The van der Waals surface area contributed by atoms with Crippen LogP contribution in [0.1, 0.15) is 23.2 Å². The first-order valence-corrected chi connectivity index (χ1v) is 5.70. The number of hydrogen-bond donors (Lipinski definition) is 2. The molecule has 3 N–H and O–H groups in total. The SMILES string of the molecule is NCCCCNC(=O)c1cc(Cl)ncc1Cl. The van der Waals surface area contributed by atoms with Crippen LogP contribution in [0.4, 0.5) is 0 Å². The van der Waals surface area contributed by atoms with Crippen molar-refractivity contribution in [3.8, 4) is 0 Å². The highest BCUT2D eigenvalue weighted by molar-refractivity contribution is 6.35. The molecule has 1 rings (SSSR count). The molecule has 0 atom stereocenters. The number of rotatable bonds is 5. The minimum absolute atomic E-state index is 0.244. The zero-order valence-electron chi connectivity index (χ0n) is 8.67. The van der Waals surface area contributed by atoms with Crippen molar-refractivity contribution in [1.29, 1.82) is 0 Å². The number of nitrogens with zero attached hydrogens (tertiary/aromatic N) is 1. The van der Waals surface area contributed by atoms with Crippen LogP contribution in [0.15, 0.2) is 12.3 Å². The van der Waals surface area contributed by atoms with Gasteiger partial charge in [-0.15, -0.1) is 0 Å². The lowest BCUT2D eigenvalue weighted by molar-refractivity contribution is 0.0953. The molecule has 1 aromatic rings. The third kappa shape index (κ3) is 3.96. The smallest absolute Gasteiger partial charge is 0.252 e. The topological polar surface area (TPSA) is 68.0 Å². The van der Waals surface area contributed by atoms with Gasteiger partial charge in [0.1, 0.15) is 5.15 Å². The van der Waals surface area contributed by atoms with E-state index in [2.05, 4.69) is 10.3 Å². The standard InChI is InChI=1S/C10H13Cl2N3O/c11-8-6-15-9(12)5-7(8)10(16)14-4-2-1-3-13/h5-6H,1-4,13H2,(H,14,16). The second-order valence-electron chi connectivity index (χ2n) is 3.24. The zero-order valence-corrected chi connectivity index (χ0v) is 10.2. The van der Waals surface area contributed by atoms with E-state index in [9.17, 15) is 4.79 Å². The summed E-state index contributed by atoms with van der Waals surface area (Å²) in [5, 5.41) is 3.28. The summed E-state index contributed by atoms with van der Waals surface area (Å²) in [6, 6.07) is 1.45. The van der Waals surface area contributed by atoms with E-state index in [4.69, 9.17) is 28.9 Å². The van der Waals surface area contributed by atoms with Gasteiger partial charge in [-0.25, -0.2) is 4.98 Å². The van der Waals surface area contributed by atoms with Gasteiger partial charge in [0.25, 0.3) is 5.91 Å². The van der Waals surface area contributed by atoms with E-state index in [-0.39, 0.29) is 11.1 Å². The van der Waals surface area contributed by atoms with Crippen molar-refractivity contribution >= 4 is 29.1 Å². The predicted octanol–water partition coefficient (Wildman–Crippen LogP) is 1.86. The number of hydrogen-bond acceptors (Lipinski definition) is 3. The summed E-state index contributed by atoms with van der Waals surface area (Å²) >= 11 is 11.5. The number of nitrogens with two attached hydrogens (primary N) is 1. The van der Waals surface area contributed by atoms with Crippen molar-refractivity contribution in [3.63, 3.8) is 0 Å². The maximum Gasteiger partial charge on any atom is 0.252 e. The maximum atomic E-state index is 11.7. The number of nitrogens with one attached hydrogen (secondary N) is 1. The number of carbonyl (C=O) groups is 1. The molecule has 0 bridgehead atoms. The monoisotopic (exact) mass is 261 g/mol. The lowest BCUT2D eigenvalue weighted by atomic mass is 10.2. The van der Waals surface area contributed by atoms with Crippen LogP contribution < -0.4 is 11.1 Å². The fourth-order valence-corrected chi connectivity index (χ4v) is 1.50. The molecule has 1 amide bonds. The van der Waals surface area contributed by atoms with E-state index in [0.717, 1.165) is 12.8 Å². The highest BCUT2D eigenvalue weighted by Crippen LogP contribution is 2.17. The molecule has 0 aromatic carbocycles. The first kappa shape index (κ1) is 13.2. The van der Waals surface area contributed by atoms with Gasteiger partial charge in [-0.1, -0.05) is 23.2 Å². The summed E-state index contributed by atoms with van der Waals surface area (Å²) in [5.41, 5.74) is 5.68. The first-order valence-electron chi connectivity index (χ1n) is 4.94. The summed E-state index contributed by atoms with van der Waals surface area (Å²) in [5.74, 6) is -0.244. The zero-order chi connectivity index (χ0) is 12.0. The summed E-state index contributed by atoms with van der Waals surface area (Å²) < 4.78 is 0. The van der Waals surface area contributed by atoms with Crippen molar-refractivity contribution < 1.29 is 4.79 Å². The molecule has 1 aromatic heterocycles. The van der Waals surface area contributed by atoms with Crippen LogP contribution in [0.25, 0.3) is 0 Å². The number of aromatic nitrogens is 1. The van der Waals surface area contributed by atoms with Crippen molar-refractivity contribution in [2.24, 2.45) is 5.73 Å². The molecule has 0 aliphatic carbocycles. The van der Waals surface area contributed by atoms with Gasteiger partial charge in [0.05, 0.1) is 10.6 Å². The molecule has 0 unspecified atom stereocenters. The second-order valence-corrected chi connectivity index (χ2v) is 4.03. The molecular formula is C10H13Cl2N3O. The average Bonchev–Trinajstić information content (AvgIpc) is 2.27. The molecule has 0 spiro atoms. The minimum atomic E-state index is -0.244. The van der Waals surface area contributed by atoms with E-state index in [0.29, 0.717) is 23.7 Å². The van der Waals surface area contributed by atoms with Crippen LogP contribution in [-0.2, 0) is 0 Å². The summed E-state index contributed by atoms with van der Waals surface area (Å²) in [6.07, 6.45) is 3.09. The van der Waals surface area contributed by atoms with Gasteiger partial charge in [-0.3, -0.25) is 4.79 Å². The lowest BCUT2D eigenvalue weighted by Gasteiger charge is -2.06. The van der Waals surface area contributed by atoms with Crippen LogP contribution in [0.2, 0.25) is 10.2 Å². The number of halogens is 2. The molecule has 0 fully saturated rings. The van der Waals surface area contributed by atoms with Gasteiger partial charge in [-0.2, -0.15) is 0 Å². The van der Waals surface area contributed by atoms with E-state index < -0.39 is 0 Å². The van der Waals surface area contributed by atoms with Crippen LogP contribution in [0.5, 0.6) is 0 Å².